The second-order valence-electron chi connectivity index (χ2n) is 6.67. The summed E-state index contributed by atoms with van der Waals surface area (Å²) in [5.74, 6) is 0.686. The van der Waals surface area contributed by atoms with E-state index in [4.69, 9.17) is 0 Å². The molecule has 0 aromatic rings. The highest BCUT2D eigenvalue weighted by Gasteiger charge is 2.36. The average Bonchev–Trinajstić information content (AvgIpc) is 2.41. The summed E-state index contributed by atoms with van der Waals surface area (Å²) >= 11 is 0. The third-order valence-electron chi connectivity index (χ3n) is 3.43. The SMILES string of the molecule is CC(C)(O)CCN1CC(C(C)(C)C)CC1=O. The maximum atomic E-state index is 11.8. The van der Waals surface area contributed by atoms with Gasteiger partial charge in [0, 0.05) is 19.5 Å². The number of amides is 1. The molecule has 1 heterocycles. The molecule has 1 N–H and O–H groups in total. The van der Waals surface area contributed by atoms with Crippen molar-refractivity contribution in [2.24, 2.45) is 11.3 Å². The minimum Gasteiger partial charge on any atom is -0.390 e. The summed E-state index contributed by atoms with van der Waals surface area (Å²) in [7, 11) is 0. The third-order valence-corrected chi connectivity index (χ3v) is 3.43. The van der Waals surface area contributed by atoms with E-state index >= 15 is 0 Å². The van der Waals surface area contributed by atoms with E-state index in [-0.39, 0.29) is 11.3 Å². The van der Waals surface area contributed by atoms with Crippen molar-refractivity contribution in [2.75, 3.05) is 13.1 Å². The molecule has 1 rings (SSSR count). The maximum Gasteiger partial charge on any atom is 0.222 e. The van der Waals surface area contributed by atoms with E-state index in [1.165, 1.54) is 0 Å². The summed E-state index contributed by atoms with van der Waals surface area (Å²) in [6.45, 7) is 11.6. The molecule has 0 saturated carbocycles. The zero-order valence-corrected chi connectivity index (χ0v) is 11.2. The normalized spacial score (nSPS) is 23.0. The van der Waals surface area contributed by atoms with E-state index in [2.05, 4.69) is 20.8 Å². The van der Waals surface area contributed by atoms with Gasteiger partial charge in [-0.25, -0.2) is 0 Å². The summed E-state index contributed by atoms with van der Waals surface area (Å²) in [5.41, 5.74) is -0.487. The number of aliphatic hydroxyl groups is 1. The number of hydrogen-bond acceptors (Lipinski definition) is 2. The van der Waals surface area contributed by atoms with Crippen LogP contribution in [0, 0.1) is 11.3 Å². The predicted octanol–water partition coefficient (Wildman–Crippen LogP) is 2.04. The summed E-state index contributed by atoms with van der Waals surface area (Å²) < 4.78 is 0. The molecule has 3 nitrogen and oxygen atoms in total. The van der Waals surface area contributed by atoms with Crippen LogP contribution in [-0.2, 0) is 4.79 Å². The monoisotopic (exact) mass is 227 g/mol. The van der Waals surface area contributed by atoms with Gasteiger partial charge in [0.25, 0.3) is 0 Å². The number of likely N-dealkylation sites (tertiary alicyclic amines) is 1. The van der Waals surface area contributed by atoms with Crippen molar-refractivity contribution in [1.82, 2.24) is 4.90 Å². The zero-order chi connectivity index (χ0) is 12.6. The van der Waals surface area contributed by atoms with Crippen LogP contribution in [0.3, 0.4) is 0 Å². The van der Waals surface area contributed by atoms with Crippen LogP contribution in [0.1, 0.15) is 47.5 Å². The molecule has 1 saturated heterocycles. The molecule has 0 aromatic carbocycles. The molecule has 94 valence electrons. The quantitative estimate of drug-likeness (QED) is 0.801. The van der Waals surface area contributed by atoms with Crippen LogP contribution in [0.4, 0.5) is 0 Å². The summed E-state index contributed by atoms with van der Waals surface area (Å²) in [4.78, 5) is 13.7. The summed E-state index contributed by atoms with van der Waals surface area (Å²) in [5, 5.41) is 9.65. The molecule has 1 unspecified atom stereocenters. The Bertz CT molecular complexity index is 260. The summed E-state index contributed by atoms with van der Waals surface area (Å²) in [6.07, 6.45) is 1.31. The predicted molar refractivity (Wildman–Crippen MR) is 65.1 cm³/mol. The topological polar surface area (TPSA) is 40.5 Å². The van der Waals surface area contributed by atoms with Crippen molar-refractivity contribution in [1.29, 1.82) is 0 Å². The standard InChI is InChI=1S/C13H25NO2/c1-12(2,3)10-8-11(15)14(9-10)7-6-13(4,5)16/h10,16H,6-9H2,1-5H3. The molecular weight excluding hydrogens is 202 g/mol. The number of rotatable bonds is 3. The maximum absolute atomic E-state index is 11.8. The second kappa shape index (κ2) is 4.36. The Hall–Kier alpha value is -0.570. The van der Waals surface area contributed by atoms with Gasteiger partial charge >= 0.3 is 0 Å². The number of carbonyl (C=O) groups is 1. The van der Waals surface area contributed by atoms with Gasteiger partial charge in [0.05, 0.1) is 5.60 Å². The van der Waals surface area contributed by atoms with Crippen molar-refractivity contribution in [2.45, 2.75) is 53.1 Å². The minimum atomic E-state index is -0.680. The molecule has 0 aliphatic carbocycles. The van der Waals surface area contributed by atoms with E-state index in [0.29, 0.717) is 25.3 Å². The van der Waals surface area contributed by atoms with Crippen molar-refractivity contribution in [3.8, 4) is 0 Å². The molecule has 0 bridgehead atoms. The van der Waals surface area contributed by atoms with Crippen LogP contribution in [0.25, 0.3) is 0 Å². The molecule has 1 fully saturated rings. The third kappa shape index (κ3) is 3.78. The molecule has 1 atom stereocenters. The van der Waals surface area contributed by atoms with Crippen molar-refractivity contribution in [3.63, 3.8) is 0 Å². The first-order chi connectivity index (χ1) is 7.09. The highest BCUT2D eigenvalue weighted by Crippen LogP contribution is 2.34. The number of nitrogens with zero attached hydrogens (tertiary/aromatic N) is 1. The van der Waals surface area contributed by atoms with Gasteiger partial charge in [0.1, 0.15) is 0 Å². The zero-order valence-electron chi connectivity index (χ0n) is 11.2. The number of carbonyl (C=O) groups excluding carboxylic acids is 1. The van der Waals surface area contributed by atoms with Crippen molar-refractivity contribution >= 4 is 5.91 Å². The average molecular weight is 227 g/mol. The minimum absolute atomic E-state index is 0.194. The Balaban J connectivity index is 2.50. The van der Waals surface area contributed by atoms with Crippen LogP contribution in [0.15, 0.2) is 0 Å². The van der Waals surface area contributed by atoms with Gasteiger partial charge < -0.3 is 10.0 Å². The lowest BCUT2D eigenvalue weighted by atomic mass is 9.80. The van der Waals surface area contributed by atoms with Gasteiger partial charge in [-0.05, 0) is 31.6 Å². The van der Waals surface area contributed by atoms with Crippen molar-refractivity contribution < 1.29 is 9.90 Å². The van der Waals surface area contributed by atoms with E-state index in [1.54, 1.807) is 13.8 Å². The molecular formula is C13H25NO2. The van der Waals surface area contributed by atoms with Gasteiger partial charge in [-0.1, -0.05) is 20.8 Å². The van der Waals surface area contributed by atoms with Crippen LogP contribution in [0.2, 0.25) is 0 Å². The fourth-order valence-electron chi connectivity index (χ4n) is 1.98. The lowest BCUT2D eigenvalue weighted by Gasteiger charge is -2.27. The molecule has 0 radical (unpaired) electrons. The first-order valence-electron chi connectivity index (χ1n) is 6.10. The van der Waals surface area contributed by atoms with E-state index in [1.807, 2.05) is 4.90 Å². The molecule has 3 heteroatoms. The van der Waals surface area contributed by atoms with E-state index in [9.17, 15) is 9.90 Å². The van der Waals surface area contributed by atoms with Gasteiger partial charge in [-0.15, -0.1) is 0 Å². The van der Waals surface area contributed by atoms with Crippen LogP contribution in [0.5, 0.6) is 0 Å². The molecule has 16 heavy (non-hydrogen) atoms. The summed E-state index contributed by atoms with van der Waals surface area (Å²) in [6, 6.07) is 0. The highest BCUT2D eigenvalue weighted by atomic mass is 16.3. The fraction of sp³-hybridized carbons (Fsp3) is 0.923. The molecule has 0 spiro atoms. The fourth-order valence-corrected chi connectivity index (χ4v) is 1.98. The van der Waals surface area contributed by atoms with Gasteiger partial charge in [-0.3, -0.25) is 4.79 Å². The largest absolute Gasteiger partial charge is 0.390 e. The van der Waals surface area contributed by atoms with Crippen LogP contribution >= 0.6 is 0 Å². The van der Waals surface area contributed by atoms with Gasteiger partial charge in [0.15, 0.2) is 0 Å². The molecule has 1 aliphatic rings. The smallest absolute Gasteiger partial charge is 0.222 e. The first-order valence-corrected chi connectivity index (χ1v) is 6.10. The second-order valence-corrected chi connectivity index (χ2v) is 6.67. The Kier molecular flexibility index (Phi) is 3.68. The Morgan fingerprint density at radius 1 is 1.31 bits per heavy atom. The highest BCUT2D eigenvalue weighted by molar-refractivity contribution is 5.78. The molecule has 1 aliphatic heterocycles. The van der Waals surface area contributed by atoms with Crippen LogP contribution in [-0.4, -0.2) is 34.6 Å². The van der Waals surface area contributed by atoms with Crippen LogP contribution < -0.4 is 0 Å². The Morgan fingerprint density at radius 3 is 2.25 bits per heavy atom. The Morgan fingerprint density at radius 2 is 1.88 bits per heavy atom. The molecule has 1 amide bonds. The first kappa shape index (κ1) is 13.5. The van der Waals surface area contributed by atoms with E-state index < -0.39 is 5.60 Å². The number of hydrogen-bond donors (Lipinski definition) is 1. The lowest BCUT2D eigenvalue weighted by Crippen LogP contribution is -2.33. The molecule has 0 aromatic heterocycles. The lowest BCUT2D eigenvalue weighted by molar-refractivity contribution is -0.128. The van der Waals surface area contributed by atoms with Gasteiger partial charge in [-0.2, -0.15) is 0 Å². The van der Waals surface area contributed by atoms with E-state index in [0.717, 1.165) is 6.54 Å². The van der Waals surface area contributed by atoms with Crippen molar-refractivity contribution in [3.05, 3.63) is 0 Å². The van der Waals surface area contributed by atoms with Gasteiger partial charge in [0.2, 0.25) is 5.91 Å². The Labute approximate surface area is 98.8 Å².